The molecule has 1 N–H and O–H groups in total. The molecule has 2 aromatic heterocycles. The highest BCUT2D eigenvalue weighted by atomic mass is 35.5. The fourth-order valence-corrected chi connectivity index (χ4v) is 3.51. The predicted molar refractivity (Wildman–Crippen MR) is 116 cm³/mol. The minimum absolute atomic E-state index is 0.238. The van der Waals surface area contributed by atoms with E-state index in [2.05, 4.69) is 29.1 Å². The van der Waals surface area contributed by atoms with Gasteiger partial charge in [0, 0.05) is 41.0 Å². The number of nitrogens with zero attached hydrogens (tertiary/aromatic N) is 2. The van der Waals surface area contributed by atoms with Gasteiger partial charge in [-0.2, -0.15) is 0 Å². The van der Waals surface area contributed by atoms with Crippen molar-refractivity contribution in [2.75, 3.05) is 7.11 Å². The second-order valence-electron chi connectivity index (χ2n) is 6.53. The second-order valence-corrected chi connectivity index (χ2v) is 7.64. The van der Waals surface area contributed by atoms with Crippen molar-refractivity contribution in [3.8, 4) is 28.3 Å². The molecule has 0 bridgehead atoms. The van der Waals surface area contributed by atoms with E-state index in [0.29, 0.717) is 34.2 Å². The molecule has 0 aliphatic rings. The first-order chi connectivity index (χ1) is 13.4. The zero-order valence-corrected chi connectivity index (χ0v) is 18.0. The number of hydrogen-bond donors (Lipinski definition) is 1. The highest BCUT2D eigenvalue weighted by molar-refractivity contribution is 6.43. The maximum atomic E-state index is 6.72. The van der Waals surface area contributed by atoms with Crippen molar-refractivity contribution in [3.05, 3.63) is 63.4 Å². The van der Waals surface area contributed by atoms with Crippen LogP contribution in [0.1, 0.15) is 19.4 Å². The van der Waals surface area contributed by atoms with Crippen molar-refractivity contribution < 1.29 is 4.74 Å². The number of benzene rings is 1. The number of aromatic nitrogens is 2. The van der Waals surface area contributed by atoms with Crippen LogP contribution in [0.3, 0.4) is 0 Å². The normalized spacial score (nSPS) is 11.1. The molecular formula is C21H20Cl3N3O. The maximum absolute atomic E-state index is 6.72. The third-order valence-corrected chi connectivity index (χ3v) is 5.42. The van der Waals surface area contributed by atoms with Crippen LogP contribution in [0.5, 0.6) is 5.88 Å². The standard InChI is InChI=1S/C21H20Cl3N3O/c1-12(2)26-11-13-7-8-17(27-21(13)28-3)16-6-4-5-14(18(16)22)15-9-10-25-20(24)19(15)23/h4-10,12,26H,11H2,1-3H3. The Kier molecular flexibility index (Phi) is 6.78. The molecule has 7 heteroatoms. The van der Waals surface area contributed by atoms with Gasteiger partial charge >= 0.3 is 0 Å². The van der Waals surface area contributed by atoms with Gasteiger partial charge in [-0.25, -0.2) is 9.97 Å². The highest BCUT2D eigenvalue weighted by Gasteiger charge is 2.16. The van der Waals surface area contributed by atoms with Crippen LogP contribution in [0.4, 0.5) is 0 Å². The van der Waals surface area contributed by atoms with Gasteiger partial charge in [0.15, 0.2) is 0 Å². The van der Waals surface area contributed by atoms with Gasteiger partial charge in [0.25, 0.3) is 0 Å². The van der Waals surface area contributed by atoms with Gasteiger partial charge < -0.3 is 10.1 Å². The van der Waals surface area contributed by atoms with Crippen molar-refractivity contribution in [2.45, 2.75) is 26.4 Å². The molecular weight excluding hydrogens is 417 g/mol. The summed E-state index contributed by atoms with van der Waals surface area (Å²) in [7, 11) is 1.61. The van der Waals surface area contributed by atoms with E-state index >= 15 is 0 Å². The molecule has 0 unspecified atom stereocenters. The summed E-state index contributed by atoms with van der Waals surface area (Å²) in [4.78, 5) is 8.65. The Balaban J connectivity index is 2.04. The van der Waals surface area contributed by atoms with E-state index < -0.39 is 0 Å². The molecule has 0 fully saturated rings. The maximum Gasteiger partial charge on any atom is 0.218 e. The number of pyridine rings is 2. The summed E-state index contributed by atoms with van der Waals surface area (Å²) in [6, 6.07) is 11.8. The molecule has 0 saturated carbocycles. The van der Waals surface area contributed by atoms with Gasteiger partial charge in [-0.1, -0.05) is 72.9 Å². The Hall–Kier alpha value is -1.85. The Labute approximate surface area is 179 Å². The van der Waals surface area contributed by atoms with Gasteiger partial charge in [0.05, 0.1) is 22.8 Å². The second kappa shape index (κ2) is 9.10. The summed E-state index contributed by atoms with van der Waals surface area (Å²) in [6.07, 6.45) is 1.60. The predicted octanol–water partition coefficient (Wildman–Crippen LogP) is 6.28. The fraction of sp³-hybridized carbons (Fsp3) is 0.238. The van der Waals surface area contributed by atoms with Crippen LogP contribution in [0.25, 0.3) is 22.4 Å². The van der Waals surface area contributed by atoms with Crippen molar-refractivity contribution in [3.63, 3.8) is 0 Å². The van der Waals surface area contributed by atoms with Crippen LogP contribution in [-0.2, 0) is 6.54 Å². The average molecular weight is 437 g/mol. The smallest absolute Gasteiger partial charge is 0.218 e. The fourth-order valence-electron chi connectivity index (χ4n) is 2.81. The molecule has 0 aliphatic heterocycles. The van der Waals surface area contributed by atoms with Crippen molar-refractivity contribution in [1.29, 1.82) is 0 Å². The third-order valence-electron chi connectivity index (χ3n) is 4.24. The lowest BCUT2D eigenvalue weighted by molar-refractivity contribution is 0.390. The van der Waals surface area contributed by atoms with Crippen LogP contribution in [0.15, 0.2) is 42.6 Å². The van der Waals surface area contributed by atoms with E-state index in [0.717, 1.165) is 22.3 Å². The Morgan fingerprint density at radius 1 is 0.964 bits per heavy atom. The summed E-state index contributed by atoms with van der Waals surface area (Å²) in [5.41, 5.74) is 3.97. The molecule has 146 valence electrons. The molecule has 0 atom stereocenters. The molecule has 0 radical (unpaired) electrons. The lowest BCUT2D eigenvalue weighted by Crippen LogP contribution is -2.22. The molecule has 0 saturated heterocycles. The Bertz CT molecular complexity index is 993. The van der Waals surface area contributed by atoms with Gasteiger partial charge in [-0.05, 0) is 12.1 Å². The van der Waals surface area contributed by atoms with Gasteiger partial charge in [-0.3, -0.25) is 0 Å². The molecule has 2 heterocycles. The Morgan fingerprint density at radius 3 is 2.39 bits per heavy atom. The summed E-state index contributed by atoms with van der Waals surface area (Å²) in [5.74, 6) is 0.567. The van der Waals surface area contributed by atoms with E-state index in [9.17, 15) is 0 Å². The topological polar surface area (TPSA) is 47.0 Å². The zero-order chi connectivity index (χ0) is 20.3. The molecule has 28 heavy (non-hydrogen) atoms. The highest BCUT2D eigenvalue weighted by Crippen LogP contribution is 2.40. The molecule has 0 aliphatic carbocycles. The zero-order valence-electron chi connectivity index (χ0n) is 15.8. The summed E-state index contributed by atoms with van der Waals surface area (Å²) in [5, 5.41) is 4.51. The number of rotatable bonds is 6. The van der Waals surface area contributed by atoms with Gasteiger partial charge in [0.1, 0.15) is 5.15 Å². The van der Waals surface area contributed by atoms with E-state index in [-0.39, 0.29) is 5.15 Å². The van der Waals surface area contributed by atoms with Crippen LogP contribution >= 0.6 is 34.8 Å². The van der Waals surface area contributed by atoms with Gasteiger partial charge in [0.2, 0.25) is 5.88 Å². The van der Waals surface area contributed by atoms with Crippen LogP contribution in [-0.4, -0.2) is 23.1 Å². The monoisotopic (exact) mass is 435 g/mol. The third kappa shape index (κ3) is 4.41. The lowest BCUT2D eigenvalue weighted by atomic mass is 10.0. The number of hydrogen-bond acceptors (Lipinski definition) is 4. The van der Waals surface area contributed by atoms with Crippen molar-refractivity contribution in [2.24, 2.45) is 0 Å². The molecule has 3 rings (SSSR count). The van der Waals surface area contributed by atoms with Crippen LogP contribution in [0.2, 0.25) is 15.2 Å². The molecule has 3 aromatic rings. The lowest BCUT2D eigenvalue weighted by Gasteiger charge is -2.14. The summed E-state index contributed by atoms with van der Waals surface area (Å²) in [6.45, 7) is 4.86. The largest absolute Gasteiger partial charge is 0.481 e. The van der Waals surface area contributed by atoms with E-state index in [4.69, 9.17) is 39.5 Å². The van der Waals surface area contributed by atoms with Crippen LogP contribution < -0.4 is 10.1 Å². The number of nitrogens with one attached hydrogen (secondary N) is 1. The van der Waals surface area contributed by atoms with Crippen molar-refractivity contribution in [1.82, 2.24) is 15.3 Å². The first-order valence-electron chi connectivity index (χ1n) is 8.79. The van der Waals surface area contributed by atoms with Gasteiger partial charge in [-0.15, -0.1) is 0 Å². The number of halogens is 3. The van der Waals surface area contributed by atoms with E-state index in [1.54, 1.807) is 19.4 Å². The van der Waals surface area contributed by atoms with E-state index in [1.807, 2.05) is 30.3 Å². The molecule has 0 amide bonds. The molecule has 0 spiro atoms. The molecule has 4 nitrogen and oxygen atoms in total. The quantitative estimate of drug-likeness (QED) is 0.462. The Morgan fingerprint density at radius 2 is 1.68 bits per heavy atom. The summed E-state index contributed by atoms with van der Waals surface area (Å²) < 4.78 is 5.49. The first-order valence-corrected chi connectivity index (χ1v) is 9.92. The average Bonchev–Trinajstić information content (AvgIpc) is 2.69. The summed E-state index contributed by atoms with van der Waals surface area (Å²) >= 11 is 19.1. The first kappa shape index (κ1) is 20.9. The minimum atomic E-state index is 0.238. The number of methoxy groups -OCH3 is 1. The molecule has 1 aromatic carbocycles. The van der Waals surface area contributed by atoms with Crippen LogP contribution in [0, 0.1) is 0 Å². The minimum Gasteiger partial charge on any atom is -0.481 e. The number of ether oxygens (including phenoxy) is 1. The van der Waals surface area contributed by atoms with Crippen molar-refractivity contribution >= 4 is 34.8 Å². The SMILES string of the molecule is COc1nc(-c2cccc(-c3ccnc(Cl)c3Cl)c2Cl)ccc1CNC(C)C. The van der Waals surface area contributed by atoms with E-state index in [1.165, 1.54) is 0 Å².